The van der Waals surface area contributed by atoms with Crippen LogP contribution in [0.25, 0.3) is 0 Å². The van der Waals surface area contributed by atoms with E-state index >= 15 is 0 Å². The van der Waals surface area contributed by atoms with E-state index in [-0.39, 0.29) is 5.54 Å². The van der Waals surface area contributed by atoms with Gasteiger partial charge in [-0.25, -0.2) is 8.42 Å². The van der Waals surface area contributed by atoms with E-state index in [2.05, 4.69) is 20.8 Å². The fourth-order valence-electron chi connectivity index (χ4n) is 1.91. The van der Waals surface area contributed by atoms with Gasteiger partial charge in [-0.2, -0.15) is 4.31 Å². The molecule has 0 saturated heterocycles. The minimum Gasteiger partial charge on any atom is -0.212 e. The molecule has 0 rings (SSSR count). The van der Waals surface area contributed by atoms with Crippen LogP contribution in [0.15, 0.2) is 0 Å². The van der Waals surface area contributed by atoms with E-state index < -0.39 is 10.0 Å². The van der Waals surface area contributed by atoms with Crippen molar-refractivity contribution in [3.8, 4) is 0 Å². The molecule has 0 aliphatic heterocycles. The Kier molecular flexibility index (Phi) is 5.67. The molecule has 0 saturated carbocycles. The van der Waals surface area contributed by atoms with E-state index in [0.717, 1.165) is 19.3 Å². The largest absolute Gasteiger partial charge is 0.212 e. The third-order valence-electron chi connectivity index (χ3n) is 2.69. The van der Waals surface area contributed by atoms with Gasteiger partial charge in [-0.1, -0.05) is 27.2 Å². The summed E-state index contributed by atoms with van der Waals surface area (Å²) in [7, 11) is -3.11. The van der Waals surface area contributed by atoms with Crippen LogP contribution in [0.1, 0.15) is 60.8 Å². The Labute approximate surface area is 108 Å². The van der Waals surface area contributed by atoms with Gasteiger partial charge in [0.1, 0.15) is 0 Å². The molecular weight excluding hydrogens is 234 g/mol. The van der Waals surface area contributed by atoms with Crippen molar-refractivity contribution in [1.82, 2.24) is 4.31 Å². The van der Waals surface area contributed by atoms with Gasteiger partial charge >= 0.3 is 0 Å². The molecule has 0 N–H and O–H groups in total. The van der Waals surface area contributed by atoms with E-state index in [4.69, 9.17) is 0 Å². The average molecular weight is 263 g/mol. The first kappa shape index (κ1) is 16.9. The van der Waals surface area contributed by atoms with E-state index in [1.807, 2.05) is 20.8 Å². The van der Waals surface area contributed by atoms with Crippen molar-refractivity contribution in [2.75, 3.05) is 12.8 Å². The highest BCUT2D eigenvalue weighted by atomic mass is 32.2. The first-order chi connectivity index (χ1) is 7.34. The summed E-state index contributed by atoms with van der Waals surface area (Å²) in [5, 5.41) is 0. The zero-order valence-electron chi connectivity index (χ0n) is 12.5. The number of hydrogen-bond donors (Lipinski definition) is 0. The summed E-state index contributed by atoms with van der Waals surface area (Å²) in [4.78, 5) is 0. The Morgan fingerprint density at radius 1 is 0.941 bits per heavy atom. The fourth-order valence-corrected chi connectivity index (χ4v) is 3.37. The molecule has 0 unspecified atom stereocenters. The van der Waals surface area contributed by atoms with Crippen molar-refractivity contribution in [2.24, 2.45) is 5.41 Å². The lowest BCUT2D eigenvalue weighted by Crippen LogP contribution is -2.45. The summed E-state index contributed by atoms with van der Waals surface area (Å²) in [5.74, 6) is 0. The van der Waals surface area contributed by atoms with E-state index in [0.29, 0.717) is 12.0 Å². The average Bonchev–Trinajstić information content (AvgIpc) is 1.95. The van der Waals surface area contributed by atoms with Crippen LogP contribution in [0.4, 0.5) is 0 Å². The molecule has 0 aromatic heterocycles. The molecule has 0 atom stereocenters. The van der Waals surface area contributed by atoms with E-state index in [1.54, 1.807) is 4.31 Å². The quantitative estimate of drug-likeness (QED) is 0.714. The summed E-state index contributed by atoms with van der Waals surface area (Å²) < 4.78 is 25.0. The summed E-state index contributed by atoms with van der Waals surface area (Å²) in [5.41, 5.74) is 0.00691. The third kappa shape index (κ3) is 7.77. The van der Waals surface area contributed by atoms with Crippen molar-refractivity contribution in [2.45, 2.75) is 66.3 Å². The topological polar surface area (TPSA) is 37.4 Å². The van der Waals surface area contributed by atoms with E-state index in [1.165, 1.54) is 6.26 Å². The van der Waals surface area contributed by atoms with Crippen molar-refractivity contribution in [3.63, 3.8) is 0 Å². The first-order valence-electron chi connectivity index (χ1n) is 6.32. The zero-order chi connectivity index (χ0) is 13.9. The lowest BCUT2D eigenvalue weighted by Gasteiger charge is -2.33. The summed E-state index contributed by atoms with van der Waals surface area (Å²) in [6.45, 7) is 13.1. The number of sulfonamides is 1. The maximum atomic E-state index is 11.7. The maximum Gasteiger partial charge on any atom is 0.211 e. The molecule has 0 fully saturated rings. The maximum absolute atomic E-state index is 11.7. The SMILES string of the molecule is CC(C)(C)CCCCN(C(C)(C)C)S(C)(=O)=O. The Bertz CT molecular complexity index is 320. The van der Waals surface area contributed by atoms with Crippen molar-refractivity contribution in [1.29, 1.82) is 0 Å². The van der Waals surface area contributed by atoms with Gasteiger partial charge in [0.25, 0.3) is 0 Å². The van der Waals surface area contributed by atoms with Gasteiger partial charge in [0, 0.05) is 12.1 Å². The molecule has 0 radical (unpaired) electrons. The molecule has 0 aromatic carbocycles. The monoisotopic (exact) mass is 263 g/mol. The highest BCUT2D eigenvalue weighted by Gasteiger charge is 2.28. The number of nitrogens with zero attached hydrogens (tertiary/aromatic N) is 1. The van der Waals surface area contributed by atoms with Gasteiger partial charge in [0.05, 0.1) is 6.26 Å². The van der Waals surface area contributed by atoms with Crippen molar-refractivity contribution >= 4 is 10.0 Å². The molecule has 3 nitrogen and oxygen atoms in total. The Balaban J connectivity index is 4.32. The number of unbranched alkanes of at least 4 members (excludes halogenated alkanes) is 1. The number of hydrogen-bond acceptors (Lipinski definition) is 2. The standard InChI is InChI=1S/C13H29NO2S/c1-12(2,3)10-8-9-11-14(13(4,5)6)17(7,15)16/h8-11H2,1-7H3. The Hall–Kier alpha value is -0.0900. The van der Waals surface area contributed by atoms with Gasteiger partial charge in [-0.3, -0.25) is 0 Å². The molecule has 0 amide bonds. The predicted octanol–water partition coefficient (Wildman–Crippen LogP) is 3.26. The van der Waals surface area contributed by atoms with Crippen LogP contribution in [-0.2, 0) is 10.0 Å². The van der Waals surface area contributed by atoms with Gasteiger partial charge in [-0.15, -0.1) is 0 Å². The highest BCUT2D eigenvalue weighted by Crippen LogP contribution is 2.23. The second-order valence-corrected chi connectivity index (χ2v) is 8.93. The molecule has 4 heteroatoms. The molecule has 0 aromatic rings. The van der Waals surface area contributed by atoms with Crippen LogP contribution in [0, 0.1) is 5.41 Å². The van der Waals surface area contributed by atoms with Crippen LogP contribution >= 0.6 is 0 Å². The molecule has 0 spiro atoms. The van der Waals surface area contributed by atoms with Gasteiger partial charge < -0.3 is 0 Å². The van der Waals surface area contributed by atoms with Crippen LogP contribution in [0.3, 0.4) is 0 Å². The summed E-state index contributed by atoms with van der Waals surface area (Å²) in [6, 6.07) is 0. The lowest BCUT2D eigenvalue weighted by molar-refractivity contribution is 0.241. The molecular formula is C13H29NO2S. The van der Waals surface area contributed by atoms with Gasteiger partial charge in [0.2, 0.25) is 10.0 Å². The second kappa shape index (κ2) is 5.70. The first-order valence-corrected chi connectivity index (χ1v) is 8.17. The van der Waals surface area contributed by atoms with Gasteiger partial charge in [0.15, 0.2) is 0 Å². The minimum absolute atomic E-state index is 0.324. The van der Waals surface area contributed by atoms with Crippen LogP contribution in [0.2, 0.25) is 0 Å². The fraction of sp³-hybridized carbons (Fsp3) is 1.00. The van der Waals surface area contributed by atoms with Crippen LogP contribution in [0.5, 0.6) is 0 Å². The normalized spacial score (nSPS) is 14.4. The van der Waals surface area contributed by atoms with Crippen molar-refractivity contribution in [3.05, 3.63) is 0 Å². The lowest BCUT2D eigenvalue weighted by atomic mass is 9.90. The smallest absolute Gasteiger partial charge is 0.211 e. The van der Waals surface area contributed by atoms with E-state index in [9.17, 15) is 8.42 Å². The van der Waals surface area contributed by atoms with Crippen molar-refractivity contribution < 1.29 is 8.42 Å². The summed E-state index contributed by atoms with van der Waals surface area (Å²) in [6.07, 6.45) is 4.43. The molecule has 104 valence electrons. The number of rotatable bonds is 5. The molecule has 0 bridgehead atoms. The molecule has 0 aliphatic carbocycles. The Morgan fingerprint density at radius 2 is 1.41 bits per heavy atom. The minimum atomic E-state index is -3.11. The third-order valence-corrected chi connectivity index (χ3v) is 4.22. The molecule has 17 heavy (non-hydrogen) atoms. The Morgan fingerprint density at radius 3 is 1.71 bits per heavy atom. The molecule has 0 aliphatic rings. The van der Waals surface area contributed by atoms with Crippen LogP contribution in [-0.4, -0.2) is 31.1 Å². The second-order valence-electron chi connectivity index (χ2n) is 7.02. The highest BCUT2D eigenvalue weighted by molar-refractivity contribution is 7.88. The zero-order valence-corrected chi connectivity index (χ0v) is 13.3. The van der Waals surface area contributed by atoms with Crippen LogP contribution < -0.4 is 0 Å². The molecule has 0 heterocycles. The summed E-state index contributed by atoms with van der Waals surface area (Å²) >= 11 is 0. The predicted molar refractivity (Wildman–Crippen MR) is 74.6 cm³/mol. The van der Waals surface area contributed by atoms with Gasteiger partial charge in [-0.05, 0) is 39.0 Å².